The molecule has 0 bridgehead atoms. The van der Waals surface area contributed by atoms with Gasteiger partial charge in [-0.1, -0.05) is 23.9 Å². The second kappa shape index (κ2) is 11.9. The molecule has 12 heteroatoms. The molecule has 2 aliphatic heterocycles. The number of amidine groups is 1. The Morgan fingerprint density at radius 1 is 1.08 bits per heavy atom. The number of nitrogens with zero attached hydrogens (tertiary/aromatic N) is 2. The van der Waals surface area contributed by atoms with Crippen molar-refractivity contribution in [1.82, 2.24) is 4.90 Å². The van der Waals surface area contributed by atoms with Crippen LogP contribution in [0.4, 0.5) is 18.9 Å². The summed E-state index contributed by atoms with van der Waals surface area (Å²) in [6.07, 6.45) is -2.69. The average Bonchev–Trinajstić information content (AvgIpc) is 3.35. The van der Waals surface area contributed by atoms with Crippen LogP contribution in [0.1, 0.15) is 37.9 Å². The molecule has 2 aliphatic rings. The molecule has 0 unspecified atom stereocenters. The monoisotopic (exact) mass is 561 g/mol. The van der Waals surface area contributed by atoms with E-state index in [1.54, 1.807) is 39.0 Å². The van der Waals surface area contributed by atoms with Crippen molar-refractivity contribution >= 4 is 34.5 Å². The van der Waals surface area contributed by atoms with E-state index in [1.165, 1.54) is 23.9 Å². The number of hydrogen-bond acceptors (Lipinski definition) is 8. The molecule has 1 atom stereocenters. The van der Waals surface area contributed by atoms with Crippen LogP contribution in [0, 0.1) is 0 Å². The molecule has 1 amide bonds. The van der Waals surface area contributed by atoms with E-state index >= 15 is 0 Å². The van der Waals surface area contributed by atoms with Gasteiger partial charge in [0.2, 0.25) is 0 Å². The van der Waals surface area contributed by atoms with Gasteiger partial charge in [0, 0.05) is 11.9 Å². The van der Waals surface area contributed by atoms with Crippen molar-refractivity contribution in [2.45, 2.75) is 33.0 Å². The van der Waals surface area contributed by atoms with Crippen molar-refractivity contribution in [2.24, 2.45) is 4.99 Å². The number of allylic oxidation sites excluding steroid dienone is 1. The SMILES string of the molecule is CCOC(=O)C1=C(C)N=C2SC=CN2[C@H]1c1ccc(OCC(=O)Nc2cccc(C(F)(F)F)c2)c(OCC)c1. The Hall–Kier alpha value is -3.93. The molecule has 206 valence electrons. The van der Waals surface area contributed by atoms with Gasteiger partial charge in [-0.05, 0) is 62.1 Å². The average molecular weight is 562 g/mol. The van der Waals surface area contributed by atoms with Gasteiger partial charge < -0.3 is 24.4 Å². The van der Waals surface area contributed by atoms with Gasteiger partial charge >= 0.3 is 12.1 Å². The Balaban J connectivity index is 1.55. The first-order valence-electron chi connectivity index (χ1n) is 12.1. The third-order valence-electron chi connectivity index (χ3n) is 5.73. The Morgan fingerprint density at radius 2 is 1.87 bits per heavy atom. The highest BCUT2D eigenvalue weighted by Gasteiger charge is 2.38. The van der Waals surface area contributed by atoms with Crippen molar-refractivity contribution in [3.8, 4) is 11.5 Å². The zero-order chi connectivity index (χ0) is 28.2. The fourth-order valence-electron chi connectivity index (χ4n) is 4.09. The van der Waals surface area contributed by atoms with Crippen LogP contribution >= 0.6 is 11.8 Å². The molecule has 0 fully saturated rings. The number of benzene rings is 2. The van der Waals surface area contributed by atoms with E-state index in [4.69, 9.17) is 14.2 Å². The molecule has 2 heterocycles. The fraction of sp³-hybridized carbons (Fsp3) is 0.296. The maximum Gasteiger partial charge on any atom is 0.416 e. The van der Waals surface area contributed by atoms with E-state index in [1.807, 2.05) is 16.5 Å². The van der Waals surface area contributed by atoms with Crippen molar-refractivity contribution in [3.05, 3.63) is 76.5 Å². The number of aliphatic imine (C=N–C) groups is 1. The van der Waals surface area contributed by atoms with Crippen molar-refractivity contribution in [3.63, 3.8) is 0 Å². The van der Waals surface area contributed by atoms with E-state index in [9.17, 15) is 22.8 Å². The Bertz CT molecular complexity index is 1360. The zero-order valence-corrected chi connectivity index (χ0v) is 22.2. The summed E-state index contributed by atoms with van der Waals surface area (Å²) >= 11 is 1.43. The van der Waals surface area contributed by atoms with E-state index in [-0.39, 0.29) is 18.0 Å². The van der Waals surface area contributed by atoms with Gasteiger partial charge in [-0.3, -0.25) is 4.79 Å². The van der Waals surface area contributed by atoms with Crippen molar-refractivity contribution in [2.75, 3.05) is 25.1 Å². The van der Waals surface area contributed by atoms with Crippen LogP contribution in [-0.4, -0.2) is 41.8 Å². The summed E-state index contributed by atoms with van der Waals surface area (Å²) < 4.78 is 55.6. The van der Waals surface area contributed by atoms with Gasteiger partial charge in [0.1, 0.15) is 0 Å². The van der Waals surface area contributed by atoms with Crippen LogP contribution in [-0.2, 0) is 20.5 Å². The number of alkyl halides is 3. The molecule has 0 saturated carbocycles. The maximum absolute atomic E-state index is 13.0. The lowest BCUT2D eigenvalue weighted by atomic mass is 9.94. The first-order valence-corrected chi connectivity index (χ1v) is 12.9. The standard InChI is InChI=1S/C27H26F3N3O5S/c1-4-36-21-13-17(24-23(25(35)37-5-2)16(3)31-26-33(24)11-12-39-26)9-10-20(21)38-15-22(34)32-19-8-6-7-18(14-19)27(28,29)30/h6-14,24H,4-5,15H2,1-3H3,(H,32,34)/t24-/m0/s1. The molecule has 1 N–H and O–H groups in total. The predicted octanol–water partition coefficient (Wildman–Crippen LogP) is 5.89. The van der Waals surface area contributed by atoms with Crippen LogP contribution in [0.15, 0.2) is 70.3 Å². The molecule has 39 heavy (non-hydrogen) atoms. The minimum Gasteiger partial charge on any atom is -0.490 e. The number of ether oxygens (including phenoxy) is 3. The molecule has 0 radical (unpaired) electrons. The van der Waals surface area contributed by atoms with Gasteiger partial charge in [-0.15, -0.1) is 0 Å². The highest BCUT2D eigenvalue weighted by molar-refractivity contribution is 8.16. The Morgan fingerprint density at radius 3 is 2.59 bits per heavy atom. The summed E-state index contributed by atoms with van der Waals surface area (Å²) in [5.74, 6) is -0.522. The van der Waals surface area contributed by atoms with Gasteiger partial charge in [-0.25, -0.2) is 9.79 Å². The van der Waals surface area contributed by atoms with Crippen LogP contribution in [0.2, 0.25) is 0 Å². The lowest BCUT2D eigenvalue weighted by Gasteiger charge is -2.33. The number of thioether (sulfide) groups is 1. The summed E-state index contributed by atoms with van der Waals surface area (Å²) in [6.45, 7) is 5.32. The molecular formula is C27H26F3N3O5S. The summed E-state index contributed by atoms with van der Waals surface area (Å²) in [5, 5.41) is 5.00. The third kappa shape index (κ3) is 6.39. The van der Waals surface area contributed by atoms with Crippen molar-refractivity contribution in [1.29, 1.82) is 0 Å². The van der Waals surface area contributed by atoms with Crippen LogP contribution in [0.25, 0.3) is 0 Å². The number of nitrogens with one attached hydrogen (secondary N) is 1. The first kappa shape index (κ1) is 28.1. The highest BCUT2D eigenvalue weighted by Crippen LogP contribution is 2.43. The Kier molecular flexibility index (Phi) is 8.54. The number of anilines is 1. The minimum absolute atomic E-state index is 0.00115. The molecule has 0 aromatic heterocycles. The van der Waals surface area contributed by atoms with Gasteiger partial charge in [0.15, 0.2) is 23.3 Å². The van der Waals surface area contributed by atoms with E-state index in [0.29, 0.717) is 29.2 Å². The van der Waals surface area contributed by atoms with E-state index in [0.717, 1.165) is 17.3 Å². The zero-order valence-electron chi connectivity index (χ0n) is 21.4. The van der Waals surface area contributed by atoms with Crippen LogP contribution in [0.3, 0.4) is 0 Å². The number of esters is 1. The number of rotatable bonds is 9. The summed E-state index contributed by atoms with van der Waals surface area (Å²) in [4.78, 5) is 31.7. The minimum atomic E-state index is -4.53. The molecule has 4 rings (SSSR count). The van der Waals surface area contributed by atoms with Gasteiger partial charge in [0.25, 0.3) is 5.91 Å². The third-order valence-corrected chi connectivity index (χ3v) is 6.50. The molecule has 2 aromatic carbocycles. The number of fused-ring (bicyclic) bond motifs is 1. The lowest BCUT2D eigenvalue weighted by molar-refractivity contribution is -0.139. The Labute approximate surface area is 227 Å². The lowest BCUT2D eigenvalue weighted by Crippen LogP contribution is -2.34. The molecule has 0 aliphatic carbocycles. The number of hydrogen-bond donors (Lipinski definition) is 1. The molecule has 8 nitrogen and oxygen atoms in total. The van der Waals surface area contributed by atoms with Crippen LogP contribution < -0.4 is 14.8 Å². The van der Waals surface area contributed by atoms with E-state index in [2.05, 4.69) is 10.3 Å². The second-order valence-electron chi connectivity index (χ2n) is 8.38. The first-order chi connectivity index (χ1) is 18.6. The largest absolute Gasteiger partial charge is 0.490 e. The molecule has 2 aromatic rings. The molecule has 0 spiro atoms. The number of carbonyl (C=O) groups excluding carboxylic acids is 2. The number of carbonyl (C=O) groups is 2. The summed E-state index contributed by atoms with van der Waals surface area (Å²) in [5.41, 5.74) is 0.777. The molecular weight excluding hydrogens is 535 g/mol. The maximum atomic E-state index is 13.0. The van der Waals surface area contributed by atoms with Crippen molar-refractivity contribution < 1.29 is 37.0 Å². The predicted molar refractivity (Wildman–Crippen MR) is 141 cm³/mol. The number of amides is 1. The smallest absolute Gasteiger partial charge is 0.416 e. The van der Waals surface area contributed by atoms with Crippen LogP contribution in [0.5, 0.6) is 11.5 Å². The van der Waals surface area contributed by atoms with Gasteiger partial charge in [0.05, 0.1) is 36.1 Å². The number of halogens is 3. The van der Waals surface area contributed by atoms with Gasteiger partial charge in [-0.2, -0.15) is 13.2 Å². The molecule has 0 saturated heterocycles. The highest BCUT2D eigenvalue weighted by atomic mass is 32.2. The normalized spacial score (nSPS) is 16.5. The topological polar surface area (TPSA) is 89.5 Å². The summed E-state index contributed by atoms with van der Waals surface area (Å²) in [6, 6.07) is 8.90. The van der Waals surface area contributed by atoms with E-state index < -0.39 is 36.3 Å². The fourth-order valence-corrected chi connectivity index (χ4v) is 4.89. The quantitative estimate of drug-likeness (QED) is 0.382. The summed E-state index contributed by atoms with van der Waals surface area (Å²) in [7, 11) is 0. The second-order valence-corrected chi connectivity index (χ2v) is 9.25.